The monoisotopic (exact) mass is 206 g/mol. The summed E-state index contributed by atoms with van der Waals surface area (Å²) in [5, 5.41) is 16.9. The number of ether oxygens (including phenoxy) is 1. The molecule has 0 radical (unpaired) electrons. The van der Waals surface area contributed by atoms with Crippen molar-refractivity contribution >= 4 is 0 Å². The molecule has 0 aliphatic carbocycles. The maximum absolute atomic E-state index is 8.65. The van der Waals surface area contributed by atoms with Crippen LogP contribution in [0.5, 0.6) is 0 Å². The van der Waals surface area contributed by atoms with Gasteiger partial charge in [-0.15, -0.1) is 0 Å². The number of unbranched alkanes of at least 4 members (excludes halogenated alkanes) is 2. The van der Waals surface area contributed by atoms with Crippen molar-refractivity contribution in [3.63, 3.8) is 0 Å². The molecule has 0 bridgehead atoms. The summed E-state index contributed by atoms with van der Waals surface area (Å²) in [5.41, 5.74) is 0. The van der Waals surface area contributed by atoms with E-state index in [1.165, 1.54) is 6.42 Å². The lowest BCUT2D eigenvalue weighted by Crippen LogP contribution is -2.10. The first kappa shape index (κ1) is 16.3. The van der Waals surface area contributed by atoms with Gasteiger partial charge in [-0.2, -0.15) is 0 Å². The first-order valence-corrected chi connectivity index (χ1v) is 5.55. The topological polar surface area (TPSA) is 49.7 Å². The van der Waals surface area contributed by atoms with E-state index in [-0.39, 0.29) is 6.10 Å². The second-order valence-electron chi connectivity index (χ2n) is 3.35. The summed E-state index contributed by atoms with van der Waals surface area (Å²) in [6.07, 6.45) is 4.03. The SMILES string of the molecule is CCCCCO.CCCOCC(C)O. The van der Waals surface area contributed by atoms with E-state index in [9.17, 15) is 0 Å². The summed E-state index contributed by atoms with van der Waals surface area (Å²) in [6.45, 7) is 7.46. The van der Waals surface area contributed by atoms with Crippen molar-refractivity contribution in [1.82, 2.24) is 0 Å². The number of aliphatic hydroxyl groups excluding tert-OH is 2. The second kappa shape index (κ2) is 15.4. The Morgan fingerprint density at radius 3 is 2.07 bits per heavy atom. The average Bonchev–Trinajstić information content (AvgIpc) is 2.16. The van der Waals surface area contributed by atoms with Crippen molar-refractivity contribution in [2.24, 2.45) is 0 Å². The van der Waals surface area contributed by atoms with Gasteiger partial charge >= 0.3 is 0 Å². The molecule has 0 saturated carbocycles. The molecule has 0 rings (SSSR count). The van der Waals surface area contributed by atoms with E-state index in [0.29, 0.717) is 13.2 Å². The van der Waals surface area contributed by atoms with E-state index in [2.05, 4.69) is 6.92 Å². The predicted octanol–water partition coefficient (Wildman–Crippen LogP) is 1.96. The smallest absolute Gasteiger partial charge is 0.0745 e. The predicted molar refractivity (Wildman–Crippen MR) is 59.4 cm³/mol. The van der Waals surface area contributed by atoms with Gasteiger partial charge in [0.25, 0.3) is 0 Å². The van der Waals surface area contributed by atoms with Crippen molar-refractivity contribution in [2.45, 2.75) is 52.6 Å². The molecule has 1 atom stereocenters. The van der Waals surface area contributed by atoms with Gasteiger partial charge < -0.3 is 14.9 Å². The number of hydrogen-bond donors (Lipinski definition) is 2. The minimum Gasteiger partial charge on any atom is -0.396 e. The average molecular weight is 206 g/mol. The highest BCUT2D eigenvalue weighted by atomic mass is 16.5. The quantitative estimate of drug-likeness (QED) is 0.626. The van der Waals surface area contributed by atoms with Crippen LogP contribution < -0.4 is 0 Å². The molecule has 88 valence electrons. The number of hydrogen-bond acceptors (Lipinski definition) is 3. The molecule has 3 heteroatoms. The highest BCUT2D eigenvalue weighted by molar-refractivity contribution is 4.39. The molecule has 0 aromatic rings. The van der Waals surface area contributed by atoms with Gasteiger partial charge in [-0.1, -0.05) is 26.7 Å². The largest absolute Gasteiger partial charge is 0.396 e. The summed E-state index contributed by atoms with van der Waals surface area (Å²) >= 11 is 0. The molecular formula is C11H26O3. The summed E-state index contributed by atoms with van der Waals surface area (Å²) in [4.78, 5) is 0. The Kier molecular flexibility index (Phi) is 17.9. The van der Waals surface area contributed by atoms with Gasteiger partial charge in [0.1, 0.15) is 0 Å². The molecule has 14 heavy (non-hydrogen) atoms. The van der Waals surface area contributed by atoms with E-state index >= 15 is 0 Å². The molecule has 0 heterocycles. The van der Waals surface area contributed by atoms with Gasteiger partial charge in [0, 0.05) is 13.2 Å². The standard InChI is InChI=1S/C6H14O2.C5H12O/c1-3-4-8-5-6(2)7;1-2-3-4-5-6/h6-7H,3-5H2,1-2H3;6H,2-5H2,1H3. The van der Waals surface area contributed by atoms with Crippen LogP contribution in [-0.4, -0.2) is 36.1 Å². The molecule has 0 aliphatic heterocycles. The van der Waals surface area contributed by atoms with Crippen LogP contribution in [-0.2, 0) is 4.74 Å². The Balaban J connectivity index is 0. The molecule has 0 aromatic heterocycles. The van der Waals surface area contributed by atoms with Gasteiger partial charge in [0.05, 0.1) is 12.7 Å². The molecule has 2 N–H and O–H groups in total. The van der Waals surface area contributed by atoms with Gasteiger partial charge in [0.2, 0.25) is 0 Å². The lowest BCUT2D eigenvalue weighted by atomic mass is 10.3. The molecule has 0 fully saturated rings. The zero-order valence-corrected chi connectivity index (χ0v) is 9.83. The van der Waals surface area contributed by atoms with Crippen LogP contribution in [0.2, 0.25) is 0 Å². The Morgan fingerprint density at radius 1 is 1.14 bits per heavy atom. The van der Waals surface area contributed by atoms with Crippen molar-refractivity contribution in [2.75, 3.05) is 19.8 Å². The first-order chi connectivity index (χ1) is 6.68. The van der Waals surface area contributed by atoms with Gasteiger partial charge in [-0.05, 0) is 19.8 Å². The van der Waals surface area contributed by atoms with Crippen LogP contribution in [0.3, 0.4) is 0 Å². The normalized spacial score (nSPS) is 11.8. The Hall–Kier alpha value is -0.120. The fourth-order valence-electron chi connectivity index (χ4n) is 0.760. The minimum atomic E-state index is -0.318. The Bertz CT molecular complexity index is 80.6. The molecule has 0 aromatic carbocycles. The summed E-state index contributed by atoms with van der Waals surface area (Å²) in [7, 11) is 0. The highest BCUT2D eigenvalue weighted by Crippen LogP contribution is 1.89. The maximum Gasteiger partial charge on any atom is 0.0745 e. The van der Waals surface area contributed by atoms with Crippen LogP contribution in [0.25, 0.3) is 0 Å². The van der Waals surface area contributed by atoms with Crippen molar-refractivity contribution in [3.8, 4) is 0 Å². The summed E-state index contributed by atoms with van der Waals surface area (Å²) in [5.74, 6) is 0. The third-order valence-corrected chi connectivity index (χ3v) is 1.47. The zero-order chi connectivity index (χ0) is 11.2. The highest BCUT2D eigenvalue weighted by Gasteiger charge is 1.91. The molecular weight excluding hydrogens is 180 g/mol. The number of aliphatic hydroxyl groups is 2. The van der Waals surface area contributed by atoms with Gasteiger partial charge in [-0.3, -0.25) is 0 Å². The van der Waals surface area contributed by atoms with Crippen LogP contribution >= 0.6 is 0 Å². The van der Waals surface area contributed by atoms with Gasteiger partial charge in [0.15, 0.2) is 0 Å². The third kappa shape index (κ3) is 22.6. The van der Waals surface area contributed by atoms with E-state index in [1.807, 2.05) is 6.92 Å². The van der Waals surface area contributed by atoms with Crippen molar-refractivity contribution in [3.05, 3.63) is 0 Å². The minimum absolute atomic E-state index is 0.318. The molecule has 3 nitrogen and oxygen atoms in total. The first-order valence-electron chi connectivity index (χ1n) is 5.55. The van der Waals surface area contributed by atoms with Crippen molar-refractivity contribution in [1.29, 1.82) is 0 Å². The second-order valence-corrected chi connectivity index (χ2v) is 3.35. The molecule has 0 saturated heterocycles. The molecule has 1 unspecified atom stereocenters. The Labute approximate surface area is 88.1 Å². The van der Waals surface area contributed by atoms with E-state index in [4.69, 9.17) is 14.9 Å². The van der Waals surface area contributed by atoms with Crippen LogP contribution in [0.1, 0.15) is 46.5 Å². The van der Waals surface area contributed by atoms with E-state index < -0.39 is 0 Å². The lowest BCUT2D eigenvalue weighted by molar-refractivity contribution is 0.0466. The molecule has 0 amide bonds. The molecule has 0 aliphatic rings. The fourth-order valence-corrected chi connectivity index (χ4v) is 0.760. The summed E-state index contributed by atoms with van der Waals surface area (Å²) in [6, 6.07) is 0. The zero-order valence-electron chi connectivity index (χ0n) is 9.83. The van der Waals surface area contributed by atoms with Crippen LogP contribution in [0.15, 0.2) is 0 Å². The molecule has 0 spiro atoms. The van der Waals surface area contributed by atoms with Crippen LogP contribution in [0.4, 0.5) is 0 Å². The van der Waals surface area contributed by atoms with Crippen LogP contribution in [0, 0.1) is 0 Å². The van der Waals surface area contributed by atoms with Gasteiger partial charge in [-0.25, -0.2) is 0 Å². The van der Waals surface area contributed by atoms with Crippen molar-refractivity contribution < 1.29 is 14.9 Å². The Morgan fingerprint density at radius 2 is 1.79 bits per heavy atom. The number of rotatable bonds is 7. The lowest BCUT2D eigenvalue weighted by Gasteiger charge is -2.02. The third-order valence-electron chi connectivity index (χ3n) is 1.47. The van der Waals surface area contributed by atoms with E-state index in [0.717, 1.165) is 25.9 Å². The fraction of sp³-hybridized carbons (Fsp3) is 1.00. The maximum atomic E-state index is 8.65. The summed E-state index contributed by atoms with van der Waals surface area (Å²) < 4.78 is 4.99. The van der Waals surface area contributed by atoms with E-state index in [1.54, 1.807) is 6.92 Å².